The van der Waals surface area contributed by atoms with Gasteiger partial charge in [0.2, 0.25) is 0 Å². The number of aliphatic hydroxyl groups excluding tert-OH is 2. The molecule has 1 aliphatic rings. The lowest BCUT2D eigenvalue weighted by Gasteiger charge is -2.44. The van der Waals surface area contributed by atoms with Gasteiger partial charge in [-0.25, -0.2) is 0 Å². The van der Waals surface area contributed by atoms with Gasteiger partial charge in [-0.3, -0.25) is 0 Å². The van der Waals surface area contributed by atoms with Crippen LogP contribution in [-0.4, -0.2) is 61.4 Å². The maximum atomic E-state index is 8.93. The molecule has 0 aromatic rings. The molecule has 3 atom stereocenters. The molecular weight excluding hydrogens is 198 g/mol. The Balaban J connectivity index is 2.32. The monoisotopic (exact) mass is 219 g/mol. The van der Waals surface area contributed by atoms with Gasteiger partial charge in [0.1, 0.15) is 0 Å². The predicted molar refractivity (Wildman–Crippen MR) is 55.7 cm³/mol. The van der Waals surface area contributed by atoms with Crippen molar-refractivity contribution >= 4 is 0 Å². The van der Waals surface area contributed by atoms with Crippen LogP contribution in [0.5, 0.6) is 0 Å². The predicted octanol–water partition coefficient (Wildman–Crippen LogP) is -0.878. The first-order valence-corrected chi connectivity index (χ1v) is 5.38. The summed E-state index contributed by atoms with van der Waals surface area (Å²) in [5.74, 6) is 0. The Kier molecular flexibility index (Phi) is 5.49. The van der Waals surface area contributed by atoms with Crippen LogP contribution >= 0.6 is 0 Å². The van der Waals surface area contributed by atoms with Crippen LogP contribution < -0.4 is 5.32 Å². The number of aliphatic hydroxyl groups is 2. The molecule has 0 heterocycles. The Morgan fingerprint density at radius 1 is 1.40 bits per heavy atom. The minimum atomic E-state index is -0.268. The molecule has 0 spiro atoms. The maximum absolute atomic E-state index is 8.93. The average Bonchev–Trinajstić information content (AvgIpc) is 2.23. The fraction of sp³-hybridized carbons (Fsp3) is 1.00. The van der Waals surface area contributed by atoms with Crippen LogP contribution in [0.25, 0.3) is 0 Å². The van der Waals surface area contributed by atoms with E-state index in [9.17, 15) is 0 Å². The van der Waals surface area contributed by atoms with Crippen LogP contribution in [0, 0.1) is 0 Å². The summed E-state index contributed by atoms with van der Waals surface area (Å²) in [7, 11) is 1.65. The number of hydrogen-bond donors (Lipinski definition) is 3. The SMILES string of the molecule is CCOC1CC(NC(CO)CO)C1OC. The molecule has 0 aliphatic heterocycles. The van der Waals surface area contributed by atoms with Gasteiger partial charge in [0.25, 0.3) is 0 Å². The smallest absolute Gasteiger partial charge is 0.0986 e. The van der Waals surface area contributed by atoms with Gasteiger partial charge < -0.3 is 25.0 Å². The van der Waals surface area contributed by atoms with Crippen LogP contribution in [0.2, 0.25) is 0 Å². The van der Waals surface area contributed by atoms with Crippen LogP contribution in [0.1, 0.15) is 13.3 Å². The van der Waals surface area contributed by atoms with Crippen molar-refractivity contribution in [3.05, 3.63) is 0 Å². The molecule has 5 nitrogen and oxygen atoms in total. The maximum Gasteiger partial charge on any atom is 0.0986 e. The van der Waals surface area contributed by atoms with Crippen molar-refractivity contribution in [3.8, 4) is 0 Å². The number of methoxy groups -OCH3 is 1. The van der Waals surface area contributed by atoms with Crippen molar-refractivity contribution in [2.75, 3.05) is 26.9 Å². The van der Waals surface area contributed by atoms with Crippen LogP contribution in [-0.2, 0) is 9.47 Å². The normalized spacial score (nSPS) is 30.6. The number of nitrogens with one attached hydrogen (secondary N) is 1. The van der Waals surface area contributed by atoms with Crippen molar-refractivity contribution in [1.82, 2.24) is 5.32 Å². The van der Waals surface area contributed by atoms with E-state index in [0.717, 1.165) is 6.42 Å². The van der Waals surface area contributed by atoms with Crippen molar-refractivity contribution < 1.29 is 19.7 Å². The van der Waals surface area contributed by atoms with Gasteiger partial charge >= 0.3 is 0 Å². The van der Waals surface area contributed by atoms with Gasteiger partial charge in [0, 0.05) is 19.8 Å². The summed E-state index contributed by atoms with van der Waals surface area (Å²) >= 11 is 0. The fourth-order valence-electron chi connectivity index (χ4n) is 1.90. The topological polar surface area (TPSA) is 71.0 Å². The molecule has 0 saturated heterocycles. The molecule has 90 valence electrons. The van der Waals surface area contributed by atoms with Crippen molar-refractivity contribution in [2.24, 2.45) is 0 Å². The highest BCUT2D eigenvalue weighted by Crippen LogP contribution is 2.27. The van der Waals surface area contributed by atoms with Crippen LogP contribution in [0.3, 0.4) is 0 Å². The Bertz CT molecular complexity index is 175. The van der Waals surface area contributed by atoms with E-state index in [1.54, 1.807) is 7.11 Å². The molecule has 1 rings (SSSR count). The van der Waals surface area contributed by atoms with Crippen LogP contribution in [0.4, 0.5) is 0 Å². The highest BCUT2D eigenvalue weighted by atomic mass is 16.5. The quantitative estimate of drug-likeness (QED) is 0.519. The van der Waals surface area contributed by atoms with Gasteiger partial charge in [0.15, 0.2) is 0 Å². The Morgan fingerprint density at radius 3 is 2.53 bits per heavy atom. The zero-order valence-corrected chi connectivity index (χ0v) is 9.35. The van der Waals surface area contributed by atoms with E-state index in [2.05, 4.69) is 5.32 Å². The largest absolute Gasteiger partial charge is 0.395 e. The lowest BCUT2D eigenvalue weighted by molar-refractivity contribution is -0.134. The summed E-state index contributed by atoms with van der Waals surface area (Å²) in [6.07, 6.45) is 1.02. The lowest BCUT2D eigenvalue weighted by atomic mass is 9.84. The molecule has 0 bridgehead atoms. The summed E-state index contributed by atoms with van der Waals surface area (Å²) in [4.78, 5) is 0. The lowest BCUT2D eigenvalue weighted by Crippen LogP contribution is -2.62. The third kappa shape index (κ3) is 3.12. The number of ether oxygens (including phenoxy) is 2. The van der Waals surface area contributed by atoms with Crippen molar-refractivity contribution in [2.45, 2.75) is 37.6 Å². The second kappa shape index (κ2) is 6.40. The Morgan fingerprint density at radius 2 is 2.07 bits per heavy atom. The molecule has 0 radical (unpaired) electrons. The molecule has 15 heavy (non-hydrogen) atoms. The first-order valence-electron chi connectivity index (χ1n) is 5.38. The second-order valence-corrected chi connectivity index (χ2v) is 3.77. The zero-order chi connectivity index (χ0) is 11.3. The second-order valence-electron chi connectivity index (χ2n) is 3.77. The van der Waals surface area contributed by atoms with E-state index in [-0.39, 0.29) is 37.5 Å². The number of hydrogen-bond acceptors (Lipinski definition) is 5. The van der Waals surface area contributed by atoms with Gasteiger partial charge in [-0.1, -0.05) is 0 Å². The fourth-order valence-corrected chi connectivity index (χ4v) is 1.90. The molecular formula is C10H21NO4. The van der Waals surface area contributed by atoms with Gasteiger partial charge in [0.05, 0.1) is 31.5 Å². The molecule has 0 aromatic heterocycles. The summed E-state index contributed by atoms with van der Waals surface area (Å²) in [6.45, 7) is 2.50. The average molecular weight is 219 g/mol. The number of rotatable bonds is 7. The minimum absolute atomic E-state index is 0.0190. The molecule has 3 unspecified atom stereocenters. The molecule has 3 N–H and O–H groups in total. The highest BCUT2D eigenvalue weighted by Gasteiger charge is 2.42. The van der Waals surface area contributed by atoms with Gasteiger partial charge in [-0.15, -0.1) is 0 Å². The van der Waals surface area contributed by atoms with Gasteiger partial charge in [-0.2, -0.15) is 0 Å². The summed E-state index contributed by atoms with van der Waals surface area (Å²) in [5, 5.41) is 21.0. The summed E-state index contributed by atoms with van der Waals surface area (Å²) < 4.78 is 10.8. The van der Waals surface area contributed by atoms with E-state index in [0.29, 0.717) is 6.61 Å². The standard InChI is InChI=1S/C10H21NO4/c1-3-15-9-4-8(10(9)14-2)11-7(5-12)6-13/h7-13H,3-6H2,1-2H3. The van der Waals surface area contributed by atoms with E-state index in [4.69, 9.17) is 19.7 Å². The molecule has 1 fully saturated rings. The van der Waals surface area contributed by atoms with Gasteiger partial charge in [-0.05, 0) is 13.3 Å². The van der Waals surface area contributed by atoms with Crippen molar-refractivity contribution in [3.63, 3.8) is 0 Å². The molecule has 1 saturated carbocycles. The van der Waals surface area contributed by atoms with E-state index in [1.165, 1.54) is 0 Å². The third-order valence-electron chi connectivity index (χ3n) is 2.79. The zero-order valence-electron chi connectivity index (χ0n) is 9.35. The molecule has 0 amide bonds. The summed E-state index contributed by atoms with van der Waals surface area (Å²) in [6, 6.07) is -0.105. The third-order valence-corrected chi connectivity index (χ3v) is 2.79. The minimum Gasteiger partial charge on any atom is -0.395 e. The first kappa shape index (κ1) is 12.9. The Hall–Kier alpha value is -0.200. The van der Waals surface area contributed by atoms with E-state index >= 15 is 0 Å². The molecule has 0 aromatic carbocycles. The highest BCUT2D eigenvalue weighted by molar-refractivity contribution is 4.98. The van der Waals surface area contributed by atoms with Crippen molar-refractivity contribution in [1.29, 1.82) is 0 Å². The van der Waals surface area contributed by atoms with E-state index in [1.807, 2.05) is 6.92 Å². The molecule has 1 aliphatic carbocycles. The summed E-state index contributed by atoms with van der Waals surface area (Å²) in [5.41, 5.74) is 0. The Labute approximate surface area is 90.4 Å². The van der Waals surface area contributed by atoms with E-state index < -0.39 is 0 Å². The molecule has 5 heteroatoms. The van der Waals surface area contributed by atoms with Crippen LogP contribution in [0.15, 0.2) is 0 Å². The first-order chi connectivity index (χ1) is 7.26.